The Bertz CT molecular complexity index is 1440. The highest BCUT2D eigenvalue weighted by molar-refractivity contribution is 7.92. The summed E-state index contributed by atoms with van der Waals surface area (Å²) in [5.74, 6) is -0.449. The lowest BCUT2D eigenvalue weighted by Crippen LogP contribution is -2.33. The molecular formula is C23H23FN6O4S. The number of aromatic nitrogens is 4. The first-order valence-electron chi connectivity index (χ1n) is 10.6. The summed E-state index contributed by atoms with van der Waals surface area (Å²) in [6.07, 6.45) is 7.21. The third-order valence-electron chi connectivity index (χ3n) is 5.23. The Labute approximate surface area is 201 Å². The number of amides is 1. The minimum atomic E-state index is -3.52. The van der Waals surface area contributed by atoms with Gasteiger partial charge in [0.2, 0.25) is 10.0 Å². The molecule has 0 bridgehead atoms. The van der Waals surface area contributed by atoms with Crippen LogP contribution in [0.4, 0.5) is 10.2 Å². The zero-order valence-electron chi connectivity index (χ0n) is 19.1. The van der Waals surface area contributed by atoms with Crippen molar-refractivity contribution >= 4 is 32.7 Å². The van der Waals surface area contributed by atoms with E-state index in [1.165, 1.54) is 31.6 Å². The number of carbonyl (C=O) groups excluding carboxylic acids is 1. The summed E-state index contributed by atoms with van der Waals surface area (Å²) in [5.41, 5.74) is 2.26. The fourth-order valence-corrected chi connectivity index (χ4v) is 4.34. The molecule has 0 saturated heterocycles. The van der Waals surface area contributed by atoms with E-state index in [4.69, 9.17) is 4.74 Å². The molecule has 0 radical (unpaired) electrons. The van der Waals surface area contributed by atoms with Crippen LogP contribution in [0.2, 0.25) is 0 Å². The number of nitrogens with zero attached hydrogens (tertiary/aromatic N) is 5. The first-order valence-corrected chi connectivity index (χ1v) is 12.4. The number of anilines is 1. The van der Waals surface area contributed by atoms with Crippen LogP contribution < -0.4 is 9.62 Å². The third-order valence-corrected chi connectivity index (χ3v) is 6.40. The van der Waals surface area contributed by atoms with E-state index in [2.05, 4.69) is 20.4 Å². The Morgan fingerprint density at radius 3 is 2.54 bits per heavy atom. The molecule has 0 aliphatic heterocycles. The molecule has 35 heavy (non-hydrogen) atoms. The largest absolute Gasteiger partial charge is 0.383 e. The molecule has 0 unspecified atom stereocenters. The standard InChI is InChI=1S/C23H23FN6O4S/c1-34-10-9-29(35(2,32)33)22-8-3-16(11-26-22)12-27-23(31)20-13-25-15-21-19(20)14-28-30(21)18-6-4-17(24)5-7-18/h3-8,11,13-15H,9-10,12H2,1-2H3,(H,27,31). The SMILES string of the molecule is COCCN(c1ccc(CNC(=O)c2cncc3c2cnn3-c2ccc(F)cc2)cn1)S(C)(=O)=O. The smallest absolute Gasteiger partial charge is 0.253 e. The van der Waals surface area contributed by atoms with Crippen molar-refractivity contribution in [3.05, 3.63) is 78.1 Å². The lowest BCUT2D eigenvalue weighted by molar-refractivity contribution is 0.0952. The average Bonchev–Trinajstić information content (AvgIpc) is 3.27. The molecule has 4 rings (SSSR count). The number of sulfonamides is 1. The molecule has 1 amide bonds. The van der Waals surface area contributed by atoms with Crippen LogP contribution in [-0.4, -0.2) is 60.6 Å². The van der Waals surface area contributed by atoms with Crippen molar-refractivity contribution in [2.75, 3.05) is 30.8 Å². The lowest BCUT2D eigenvalue weighted by Gasteiger charge is -2.21. The zero-order valence-corrected chi connectivity index (χ0v) is 19.9. The topological polar surface area (TPSA) is 119 Å². The minimum absolute atomic E-state index is 0.140. The van der Waals surface area contributed by atoms with E-state index in [0.29, 0.717) is 27.7 Å². The van der Waals surface area contributed by atoms with E-state index in [-0.39, 0.29) is 37.2 Å². The van der Waals surface area contributed by atoms with E-state index in [9.17, 15) is 17.6 Å². The van der Waals surface area contributed by atoms with Gasteiger partial charge in [-0.2, -0.15) is 5.10 Å². The molecule has 0 aliphatic carbocycles. The molecule has 1 N–H and O–H groups in total. The number of carbonyl (C=O) groups is 1. The lowest BCUT2D eigenvalue weighted by atomic mass is 10.1. The molecule has 0 atom stereocenters. The molecule has 4 aromatic rings. The molecule has 0 spiro atoms. The van der Waals surface area contributed by atoms with Crippen LogP contribution >= 0.6 is 0 Å². The predicted molar refractivity (Wildman–Crippen MR) is 128 cm³/mol. The number of hydrogen-bond acceptors (Lipinski definition) is 7. The monoisotopic (exact) mass is 498 g/mol. The van der Waals surface area contributed by atoms with Crippen molar-refractivity contribution in [2.45, 2.75) is 6.54 Å². The van der Waals surface area contributed by atoms with Crippen LogP contribution in [0.3, 0.4) is 0 Å². The van der Waals surface area contributed by atoms with Gasteiger partial charge >= 0.3 is 0 Å². The van der Waals surface area contributed by atoms with Crippen molar-refractivity contribution in [1.29, 1.82) is 0 Å². The first kappa shape index (κ1) is 24.2. The van der Waals surface area contributed by atoms with Crippen molar-refractivity contribution in [1.82, 2.24) is 25.1 Å². The Morgan fingerprint density at radius 2 is 1.89 bits per heavy atom. The highest BCUT2D eigenvalue weighted by Crippen LogP contribution is 2.21. The zero-order chi connectivity index (χ0) is 25.0. The Balaban J connectivity index is 1.49. The van der Waals surface area contributed by atoms with Crippen LogP contribution in [0.1, 0.15) is 15.9 Å². The van der Waals surface area contributed by atoms with E-state index in [1.807, 2.05) is 0 Å². The van der Waals surface area contributed by atoms with Gasteiger partial charge in [0.1, 0.15) is 11.6 Å². The number of ether oxygens (including phenoxy) is 1. The molecule has 1 aromatic carbocycles. The predicted octanol–water partition coefficient (Wildman–Crippen LogP) is 2.30. The summed E-state index contributed by atoms with van der Waals surface area (Å²) in [4.78, 5) is 21.3. The van der Waals surface area contributed by atoms with Gasteiger partial charge in [-0.15, -0.1) is 0 Å². The minimum Gasteiger partial charge on any atom is -0.383 e. The van der Waals surface area contributed by atoms with Crippen LogP contribution in [0.5, 0.6) is 0 Å². The van der Waals surface area contributed by atoms with Gasteiger partial charge in [-0.3, -0.25) is 14.1 Å². The maximum atomic E-state index is 13.3. The Kier molecular flexibility index (Phi) is 7.03. The van der Waals surface area contributed by atoms with Gasteiger partial charge in [0.15, 0.2) is 0 Å². The van der Waals surface area contributed by atoms with Crippen LogP contribution in [0.15, 0.2) is 61.2 Å². The summed E-state index contributed by atoms with van der Waals surface area (Å²) in [7, 11) is -2.03. The maximum absolute atomic E-state index is 13.3. The van der Waals surface area contributed by atoms with Crippen molar-refractivity contribution in [2.24, 2.45) is 0 Å². The normalized spacial score (nSPS) is 11.5. The Hall–Kier alpha value is -3.90. The summed E-state index contributed by atoms with van der Waals surface area (Å²) < 4.78 is 45.1. The van der Waals surface area contributed by atoms with Gasteiger partial charge in [-0.1, -0.05) is 6.07 Å². The molecular weight excluding hydrogens is 475 g/mol. The molecule has 3 aromatic heterocycles. The first-order chi connectivity index (χ1) is 16.8. The van der Waals surface area contributed by atoms with Crippen LogP contribution in [0.25, 0.3) is 16.6 Å². The van der Waals surface area contributed by atoms with E-state index in [1.54, 1.807) is 41.3 Å². The third kappa shape index (κ3) is 5.44. The number of methoxy groups -OCH3 is 1. The summed E-state index contributed by atoms with van der Waals surface area (Å²) >= 11 is 0. The molecule has 3 heterocycles. The van der Waals surface area contributed by atoms with Gasteiger partial charge in [-0.25, -0.2) is 22.5 Å². The van der Waals surface area contributed by atoms with Crippen LogP contribution in [-0.2, 0) is 21.3 Å². The molecule has 0 saturated carbocycles. The van der Waals surface area contributed by atoms with Crippen LogP contribution in [0, 0.1) is 5.82 Å². The summed E-state index contributed by atoms with van der Waals surface area (Å²) in [6.45, 7) is 0.538. The highest BCUT2D eigenvalue weighted by atomic mass is 32.2. The summed E-state index contributed by atoms with van der Waals surface area (Å²) in [6, 6.07) is 9.11. The van der Waals surface area contributed by atoms with Crippen molar-refractivity contribution < 1.29 is 22.3 Å². The molecule has 10 nitrogen and oxygen atoms in total. The summed E-state index contributed by atoms with van der Waals surface area (Å²) in [5, 5.41) is 7.74. The average molecular weight is 499 g/mol. The molecule has 0 fully saturated rings. The number of pyridine rings is 2. The van der Waals surface area contributed by atoms with Crippen molar-refractivity contribution in [3.63, 3.8) is 0 Å². The highest BCUT2D eigenvalue weighted by Gasteiger charge is 2.19. The van der Waals surface area contributed by atoms with Crippen molar-refractivity contribution in [3.8, 4) is 5.69 Å². The fraction of sp³-hybridized carbons (Fsp3) is 0.217. The quantitative estimate of drug-likeness (QED) is 0.376. The van der Waals surface area contributed by atoms with Gasteiger partial charge in [-0.05, 0) is 35.9 Å². The molecule has 0 aliphatic rings. The Morgan fingerprint density at radius 1 is 1.11 bits per heavy atom. The van der Waals surface area contributed by atoms with Gasteiger partial charge < -0.3 is 10.1 Å². The number of halogens is 1. The number of fused-ring (bicyclic) bond motifs is 1. The second kappa shape index (κ2) is 10.2. The van der Waals surface area contributed by atoms with Gasteiger partial charge in [0.05, 0.1) is 48.6 Å². The van der Waals surface area contributed by atoms with Gasteiger partial charge in [0, 0.05) is 31.4 Å². The number of nitrogens with one attached hydrogen (secondary N) is 1. The van der Waals surface area contributed by atoms with E-state index < -0.39 is 10.0 Å². The second-order valence-electron chi connectivity index (χ2n) is 7.69. The fourth-order valence-electron chi connectivity index (χ4n) is 3.48. The second-order valence-corrected chi connectivity index (χ2v) is 9.59. The molecule has 12 heteroatoms. The van der Waals surface area contributed by atoms with E-state index >= 15 is 0 Å². The number of hydrogen-bond donors (Lipinski definition) is 1. The number of benzene rings is 1. The molecule has 182 valence electrons. The maximum Gasteiger partial charge on any atom is 0.253 e. The number of rotatable bonds is 9. The van der Waals surface area contributed by atoms with Gasteiger partial charge in [0.25, 0.3) is 5.91 Å². The van der Waals surface area contributed by atoms with E-state index in [0.717, 1.165) is 10.6 Å².